The summed E-state index contributed by atoms with van der Waals surface area (Å²) in [6.07, 6.45) is 3.49. The van der Waals surface area contributed by atoms with Gasteiger partial charge in [0.1, 0.15) is 5.60 Å². The second kappa shape index (κ2) is 9.74. The highest BCUT2D eigenvalue weighted by atomic mass is 16.3. The Morgan fingerprint density at radius 2 is 1.32 bits per heavy atom. The zero-order valence-electron chi connectivity index (χ0n) is 16.0. The van der Waals surface area contributed by atoms with Gasteiger partial charge in [-0.25, -0.2) is 0 Å². The van der Waals surface area contributed by atoms with Crippen LogP contribution in [0.5, 0.6) is 0 Å². The number of nitrogens with zero attached hydrogens (tertiary/aromatic N) is 1. The van der Waals surface area contributed by atoms with E-state index in [2.05, 4.69) is 18.7 Å². The molecule has 1 aliphatic heterocycles. The van der Waals surface area contributed by atoms with Crippen LogP contribution in [-0.2, 0) is 5.60 Å². The van der Waals surface area contributed by atoms with Gasteiger partial charge < -0.3 is 10.0 Å². The number of aliphatic hydroxyl groups is 1. The molecule has 0 unspecified atom stereocenters. The van der Waals surface area contributed by atoms with Crippen LogP contribution in [0.15, 0.2) is 60.7 Å². The fourth-order valence-corrected chi connectivity index (χ4v) is 3.38. The summed E-state index contributed by atoms with van der Waals surface area (Å²) in [6.45, 7) is 10.5. The lowest BCUT2D eigenvalue weighted by Gasteiger charge is -2.28. The van der Waals surface area contributed by atoms with Crippen molar-refractivity contribution in [2.24, 2.45) is 5.92 Å². The first-order chi connectivity index (χ1) is 12.1. The van der Waals surface area contributed by atoms with Gasteiger partial charge in [0.25, 0.3) is 0 Å². The second-order valence-electron chi connectivity index (χ2n) is 7.06. The van der Waals surface area contributed by atoms with Crippen molar-refractivity contribution in [2.45, 2.75) is 45.6 Å². The van der Waals surface area contributed by atoms with Crippen molar-refractivity contribution in [3.63, 3.8) is 0 Å². The number of rotatable bonds is 4. The van der Waals surface area contributed by atoms with E-state index in [4.69, 9.17) is 0 Å². The molecule has 0 aliphatic carbocycles. The van der Waals surface area contributed by atoms with Crippen LogP contribution < -0.4 is 0 Å². The van der Waals surface area contributed by atoms with Gasteiger partial charge in [-0.05, 0) is 55.9 Å². The van der Waals surface area contributed by atoms with E-state index in [0.717, 1.165) is 17.0 Å². The van der Waals surface area contributed by atoms with Crippen LogP contribution >= 0.6 is 0 Å². The minimum atomic E-state index is -0.872. The normalized spacial score (nSPS) is 16.2. The molecule has 0 radical (unpaired) electrons. The Morgan fingerprint density at radius 3 is 1.68 bits per heavy atom. The molecule has 1 aliphatic rings. The first kappa shape index (κ1) is 19.7. The van der Waals surface area contributed by atoms with Crippen molar-refractivity contribution < 1.29 is 5.11 Å². The summed E-state index contributed by atoms with van der Waals surface area (Å²) in [7, 11) is 0. The molecule has 1 heterocycles. The lowest BCUT2D eigenvalue weighted by molar-refractivity contribution is 0.0765. The third-order valence-corrected chi connectivity index (χ3v) is 5.34. The molecule has 136 valence electrons. The predicted molar refractivity (Wildman–Crippen MR) is 107 cm³/mol. The molecular formula is C23H33NO. The summed E-state index contributed by atoms with van der Waals surface area (Å²) in [6, 6.07) is 19.6. The molecule has 2 aromatic carbocycles. The quantitative estimate of drug-likeness (QED) is 0.840. The number of piperidine rings is 1. The highest BCUT2D eigenvalue weighted by Gasteiger charge is 2.28. The molecule has 25 heavy (non-hydrogen) atoms. The van der Waals surface area contributed by atoms with E-state index < -0.39 is 5.60 Å². The molecule has 0 aromatic heterocycles. The average Bonchev–Trinajstić information content (AvgIpc) is 2.70. The largest absolute Gasteiger partial charge is 0.380 e. The Morgan fingerprint density at radius 1 is 0.880 bits per heavy atom. The van der Waals surface area contributed by atoms with Crippen LogP contribution in [0.3, 0.4) is 0 Å². The molecule has 1 fully saturated rings. The van der Waals surface area contributed by atoms with Gasteiger partial charge in [-0.15, -0.1) is 0 Å². The molecule has 2 aromatic rings. The van der Waals surface area contributed by atoms with Crippen molar-refractivity contribution in [3.8, 4) is 0 Å². The smallest absolute Gasteiger partial charge is 0.114 e. The van der Waals surface area contributed by atoms with Gasteiger partial charge in [0.2, 0.25) is 0 Å². The Kier molecular flexibility index (Phi) is 7.67. The highest BCUT2D eigenvalue weighted by molar-refractivity contribution is 5.35. The van der Waals surface area contributed by atoms with E-state index in [0.29, 0.717) is 6.42 Å². The number of hydrogen-bond donors (Lipinski definition) is 1. The number of hydrogen-bond acceptors (Lipinski definition) is 2. The molecule has 1 saturated heterocycles. The first-order valence-electron chi connectivity index (χ1n) is 9.66. The van der Waals surface area contributed by atoms with Crippen LogP contribution in [0.2, 0.25) is 0 Å². The van der Waals surface area contributed by atoms with Crippen LogP contribution in [0.4, 0.5) is 0 Å². The van der Waals surface area contributed by atoms with Crippen LogP contribution in [0, 0.1) is 5.92 Å². The molecule has 0 amide bonds. The van der Waals surface area contributed by atoms with Crippen molar-refractivity contribution >= 4 is 0 Å². The maximum absolute atomic E-state index is 10.8. The molecule has 2 nitrogen and oxygen atoms in total. The van der Waals surface area contributed by atoms with Crippen LogP contribution in [-0.4, -0.2) is 29.6 Å². The average molecular weight is 340 g/mol. The summed E-state index contributed by atoms with van der Waals surface area (Å²) >= 11 is 0. The van der Waals surface area contributed by atoms with Crippen LogP contribution in [0.1, 0.15) is 51.2 Å². The summed E-state index contributed by atoms with van der Waals surface area (Å²) in [5.41, 5.74) is 1.02. The van der Waals surface area contributed by atoms with E-state index in [1.807, 2.05) is 67.6 Å². The standard InChI is InChI=1S/C15H16O.C8H17N/c1-2-15(16,13-9-5-3-6-10-13)14-11-7-4-8-12-14;1-3-9-6-4-8(2)5-7-9/h3-12,16H,2H2,1H3;8H,3-7H2,1-2H3. The van der Waals surface area contributed by atoms with E-state index >= 15 is 0 Å². The summed E-state index contributed by atoms with van der Waals surface area (Å²) in [5.74, 6) is 0.979. The fourth-order valence-electron chi connectivity index (χ4n) is 3.38. The molecule has 3 rings (SSSR count). The SMILES string of the molecule is CCC(O)(c1ccccc1)c1ccccc1.CCN1CCC(C)CC1. The molecule has 0 saturated carbocycles. The third kappa shape index (κ3) is 5.42. The maximum Gasteiger partial charge on any atom is 0.114 e. The maximum atomic E-state index is 10.8. The minimum absolute atomic E-state index is 0.668. The summed E-state index contributed by atoms with van der Waals surface area (Å²) in [5, 5.41) is 10.8. The van der Waals surface area contributed by atoms with E-state index in [1.54, 1.807) is 0 Å². The zero-order valence-corrected chi connectivity index (χ0v) is 16.0. The Bertz CT molecular complexity index is 549. The van der Waals surface area contributed by atoms with Gasteiger partial charge in [0, 0.05) is 0 Å². The van der Waals surface area contributed by atoms with E-state index in [9.17, 15) is 5.11 Å². The molecule has 2 heteroatoms. The monoisotopic (exact) mass is 339 g/mol. The molecular weight excluding hydrogens is 306 g/mol. The molecule has 0 atom stereocenters. The van der Waals surface area contributed by atoms with Gasteiger partial charge in [-0.3, -0.25) is 0 Å². The lowest BCUT2D eigenvalue weighted by atomic mass is 9.84. The predicted octanol–water partition coefficient (Wildman–Crippen LogP) is 5.07. The van der Waals surface area contributed by atoms with Gasteiger partial charge >= 0.3 is 0 Å². The van der Waals surface area contributed by atoms with Gasteiger partial charge in [0.05, 0.1) is 0 Å². The summed E-state index contributed by atoms with van der Waals surface area (Å²) < 4.78 is 0. The van der Waals surface area contributed by atoms with Crippen molar-refractivity contribution in [1.29, 1.82) is 0 Å². The summed E-state index contributed by atoms with van der Waals surface area (Å²) in [4.78, 5) is 2.53. The van der Waals surface area contributed by atoms with E-state index in [1.165, 1.54) is 32.5 Å². The zero-order chi connectivity index (χ0) is 18.1. The number of likely N-dealkylation sites (tertiary alicyclic amines) is 1. The van der Waals surface area contributed by atoms with Crippen LogP contribution in [0.25, 0.3) is 0 Å². The van der Waals surface area contributed by atoms with Crippen molar-refractivity contribution in [1.82, 2.24) is 4.90 Å². The highest BCUT2D eigenvalue weighted by Crippen LogP contribution is 2.32. The Labute approximate surface area is 153 Å². The van der Waals surface area contributed by atoms with Gasteiger partial charge in [-0.2, -0.15) is 0 Å². The fraction of sp³-hybridized carbons (Fsp3) is 0.478. The Hall–Kier alpha value is -1.64. The molecule has 1 N–H and O–H groups in total. The molecule has 0 spiro atoms. The lowest BCUT2D eigenvalue weighted by Crippen LogP contribution is -2.32. The number of benzene rings is 2. The van der Waals surface area contributed by atoms with Crippen molar-refractivity contribution in [2.75, 3.05) is 19.6 Å². The van der Waals surface area contributed by atoms with E-state index in [-0.39, 0.29) is 0 Å². The molecule has 0 bridgehead atoms. The third-order valence-electron chi connectivity index (χ3n) is 5.34. The van der Waals surface area contributed by atoms with Crippen molar-refractivity contribution in [3.05, 3.63) is 71.8 Å². The topological polar surface area (TPSA) is 23.5 Å². The Balaban J connectivity index is 0.000000212. The van der Waals surface area contributed by atoms with Gasteiger partial charge in [0.15, 0.2) is 0 Å². The van der Waals surface area contributed by atoms with Gasteiger partial charge in [-0.1, -0.05) is 81.4 Å². The first-order valence-corrected chi connectivity index (χ1v) is 9.66. The minimum Gasteiger partial charge on any atom is -0.380 e. The second-order valence-corrected chi connectivity index (χ2v) is 7.06.